The van der Waals surface area contributed by atoms with E-state index in [1.54, 1.807) is 0 Å². The smallest absolute Gasteiger partial charge is 0.137 e. The van der Waals surface area contributed by atoms with Gasteiger partial charge in [-0.3, -0.25) is 9.13 Å². The third-order valence-corrected chi connectivity index (χ3v) is 7.28. The second-order valence-electron chi connectivity index (χ2n) is 9.54. The van der Waals surface area contributed by atoms with Gasteiger partial charge in [-0.05, 0) is 60.7 Å². The van der Waals surface area contributed by atoms with E-state index in [0.717, 1.165) is 56.0 Å². The van der Waals surface area contributed by atoms with Crippen LogP contribution in [0.25, 0.3) is 55.2 Å². The van der Waals surface area contributed by atoms with Crippen LogP contribution in [0.2, 0.25) is 0 Å². The number of fused-ring (bicyclic) bond motifs is 6. The Kier molecular flexibility index (Phi) is 4.76. The van der Waals surface area contributed by atoms with Crippen LogP contribution in [0.1, 0.15) is 0 Å². The van der Waals surface area contributed by atoms with E-state index in [9.17, 15) is 0 Å². The van der Waals surface area contributed by atoms with Gasteiger partial charge < -0.3 is 4.74 Å². The minimum Gasteiger partial charge on any atom is -0.457 e. The molecule has 184 valence electrons. The minimum atomic E-state index is 0.766. The molecule has 0 aliphatic carbocycles. The second kappa shape index (κ2) is 8.57. The standard InChI is InChI=1S/C34H22N4O/c1-3-11-29-25(9-1)27-17-15-23(21-31(27)37(29)33-13-5-7-19-35-33)39-24-16-18-28-26-10-2-4-12-30(26)38(32(28)22-24)34-14-6-8-20-36-34/h1-22H. The average Bonchev–Trinajstić information content (AvgIpc) is 3.50. The molecule has 0 saturated heterocycles. The Hall–Kier alpha value is -5.42. The molecule has 4 heterocycles. The Balaban J connectivity index is 1.29. The fourth-order valence-corrected chi connectivity index (χ4v) is 5.63. The molecule has 0 spiro atoms. The molecule has 39 heavy (non-hydrogen) atoms. The van der Waals surface area contributed by atoms with E-state index in [-0.39, 0.29) is 0 Å². The summed E-state index contributed by atoms with van der Waals surface area (Å²) in [5, 5.41) is 4.70. The van der Waals surface area contributed by atoms with Crippen molar-refractivity contribution in [2.45, 2.75) is 0 Å². The number of rotatable bonds is 4. The van der Waals surface area contributed by atoms with Crippen LogP contribution < -0.4 is 4.74 Å². The molecule has 0 N–H and O–H groups in total. The first kappa shape index (κ1) is 21.6. The number of ether oxygens (including phenoxy) is 1. The summed E-state index contributed by atoms with van der Waals surface area (Å²) in [4.78, 5) is 9.28. The van der Waals surface area contributed by atoms with Gasteiger partial charge in [0.2, 0.25) is 0 Å². The zero-order valence-electron chi connectivity index (χ0n) is 20.9. The fourth-order valence-electron chi connectivity index (χ4n) is 5.63. The minimum absolute atomic E-state index is 0.766. The van der Waals surface area contributed by atoms with Crippen LogP contribution in [0.5, 0.6) is 11.5 Å². The Morgan fingerprint density at radius 2 is 0.846 bits per heavy atom. The summed E-state index contributed by atoms with van der Waals surface area (Å²) in [7, 11) is 0. The van der Waals surface area contributed by atoms with Gasteiger partial charge in [0, 0.05) is 46.1 Å². The van der Waals surface area contributed by atoms with Crippen molar-refractivity contribution in [3.05, 3.63) is 134 Å². The van der Waals surface area contributed by atoms with E-state index in [0.29, 0.717) is 0 Å². The number of aromatic nitrogens is 4. The van der Waals surface area contributed by atoms with Crippen LogP contribution in [0, 0.1) is 0 Å². The zero-order chi connectivity index (χ0) is 25.8. The first-order valence-electron chi connectivity index (χ1n) is 12.9. The topological polar surface area (TPSA) is 44.9 Å². The quantitative estimate of drug-likeness (QED) is 0.242. The van der Waals surface area contributed by atoms with Crippen molar-refractivity contribution in [2.24, 2.45) is 0 Å². The maximum Gasteiger partial charge on any atom is 0.137 e. The van der Waals surface area contributed by atoms with E-state index >= 15 is 0 Å². The van der Waals surface area contributed by atoms with Gasteiger partial charge in [0.05, 0.1) is 22.1 Å². The number of hydrogen-bond donors (Lipinski definition) is 0. The summed E-state index contributed by atoms with van der Waals surface area (Å²) < 4.78 is 10.9. The van der Waals surface area contributed by atoms with Crippen LogP contribution in [-0.4, -0.2) is 19.1 Å². The maximum absolute atomic E-state index is 6.50. The van der Waals surface area contributed by atoms with Crippen LogP contribution in [0.4, 0.5) is 0 Å². The summed E-state index contributed by atoms with van der Waals surface area (Å²) >= 11 is 0. The van der Waals surface area contributed by atoms with Crippen molar-refractivity contribution in [3.63, 3.8) is 0 Å². The summed E-state index contributed by atoms with van der Waals surface area (Å²) in [5.74, 6) is 3.29. The molecule has 5 nitrogen and oxygen atoms in total. The van der Waals surface area contributed by atoms with Crippen LogP contribution in [0.15, 0.2) is 134 Å². The van der Waals surface area contributed by atoms with E-state index in [1.165, 1.54) is 10.8 Å². The summed E-state index contributed by atoms with van der Waals surface area (Å²) in [5.41, 5.74) is 4.33. The molecule has 8 rings (SSSR count). The molecule has 0 aliphatic heterocycles. The van der Waals surface area contributed by atoms with Crippen molar-refractivity contribution in [3.8, 4) is 23.1 Å². The van der Waals surface area contributed by atoms with E-state index in [2.05, 4.69) is 91.9 Å². The number of hydrogen-bond acceptors (Lipinski definition) is 3. The second-order valence-corrected chi connectivity index (χ2v) is 9.54. The monoisotopic (exact) mass is 502 g/mol. The normalized spacial score (nSPS) is 11.6. The summed E-state index contributed by atoms with van der Waals surface area (Å²) in [6, 6.07) is 41.4. The molecule has 0 saturated carbocycles. The average molecular weight is 503 g/mol. The van der Waals surface area contributed by atoms with E-state index < -0.39 is 0 Å². The lowest BCUT2D eigenvalue weighted by Crippen LogP contribution is -1.97. The van der Waals surface area contributed by atoms with Gasteiger partial charge in [-0.1, -0.05) is 48.5 Å². The van der Waals surface area contributed by atoms with Gasteiger partial charge in [-0.2, -0.15) is 0 Å². The molecule has 8 aromatic rings. The largest absolute Gasteiger partial charge is 0.457 e. The van der Waals surface area contributed by atoms with Crippen LogP contribution in [-0.2, 0) is 0 Å². The van der Waals surface area contributed by atoms with Gasteiger partial charge in [0.25, 0.3) is 0 Å². The molecule has 0 bridgehead atoms. The van der Waals surface area contributed by atoms with Crippen molar-refractivity contribution in [2.75, 3.05) is 0 Å². The van der Waals surface area contributed by atoms with Crippen molar-refractivity contribution >= 4 is 43.6 Å². The highest BCUT2D eigenvalue weighted by molar-refractivity contribution is 6.10. The molecule has 4 aromatic carbocycles. The Morgan fingerprint density at radius 3 is 1.31 bits per heavy atom. The third kappa shape index (κ3) is 3.41. The first-order valence-corrected chi connectivity index (χ1v) is 12.9. The Morgan fingerprint density at radius 1 is 0.410 bits per heavy atom. The molecule has 0 unspecified atom stereocenters. The predicted octanol–water partition coefficient (Wildman–Crippen LogP) is 8.46. The lowest BCUT2D eigenvalue weighted by atomic mass is 10.1. The summed E-state index contributed by atoms with van der Waals surface area (Å²) in [6.45, 7) is 0. The fraction of sp³-hybridized carbons (Fsp3) is 0. The highest BCUT2D eigenvalue weighted by Crippen LogP contribution is 2.37. The number of benzene rings is 4. The van der Waals surface area contributed by atoms with E-state index in [1.807, 2.05) is 60.9 Å². The third-order valence-electron chi connectivity index (χ3n) is 7.28. The molecule has 5 heteroatoms. The van der Waals surface area contributed by atoms with Gasteiger partial charge in [0.1, 0.15) is 23.1 Å². The van der Waals surface area contributed by atoms with Crippen LogP contribution in [0.3, 0.4) is 0 Å². The highest BCUT2D eigenvalue weighted by Gasteiger charge is 2.16. The summed E-state index contributed by atoms with van der Waals surface area (Å²) in [6.07, 6.45) is 3.65. The van der Waals surface area contributed by atoms with E-state index in [4.69, 9.17) is 4.74 Å². The SMILES string of the molecule is c1ccc(-n2c3ccccc3c3ccc(Oc4ccc5c6ccccc6n(-c6ccccn6)c5c4)cc32)nc1. The van der Waals surface area contributed by atoms with Crippen LogP contribution >= 0.6 is 0 Å². The highest BCUT2D eigenvalue weighted by atomic mass is 16.5. The molecule has 0 aliphatic rings. The molecule has 4 aromatic heterocycles. The molecular formula is C34H22N4O. The molecule has 0 atom stereocenters. The number of pyridine rings is 2. The number of nitrogens with zero attached hydrogens (tertiary/aromatic N) is 4. The predicted molar refractivity (Wildman–Crippen MR) is 157 cm³/mol. The van der Waals surface area contributed by atoms with Gasteiger partial charge >= 0.3 is 0 Å². The molecule has 0 amide bonds. The van der Waals surface area contributed by atoms with Crippen molar-refractivity contribution in [1.82, 2.24) is 19.1 Å². The maximum atomic E-state index is 6.50. The van der Waals surface area contributed by atoms with Gasteiger partial charge in [-0.25, -0.2) is 9.97 Å². The molecule has 0 radical (unpaired) electrons. The lowest BCUT2D eigenvalue weighted by Gasteiger charge is -2.10. The first-order chi connectivity index (χ1) is 19.3. The van der Waals surface area contributed by atoms with Gasteiger partial charge in [-0.15, -0.1) is 0 Å². The number of para-hydroxylation sites is 2. The Labute approximate surface area is 224 Å². The molecular weight excluding hydrogens is 480 g/mol. The van der Waals surface area contributed by atoms with Crippen molar-refractivity contribution in [1.29, 1.82) is 0 Å². The zero-order valence-corrected chi connectivity index (χ0v) is 20.9. The van der Waals surface area contributed by atoms with Gasteiger partial charge in [0.15, 0.2) is 0 Å². The lowest BCUT2D eigenvalue weighted by molar-refractivity contribution is 0.484. The molecule has 0 fully saturated rings. The Bertz CT molecular complexity index is 1990. The van der Waals surface area contributed by atoms with Crippen molar-refractivity contribution < 1.29 is 4.74 Å².